The van der Waals surface area contributed by atoms with Crippen molar-refractivity contribution < 1.29 is 18.4 Å². The Balaban J connectivity index is 1.95. The zero-order chi connectivity index (χ0) is 18.4. The van der Waals surface area contributed by atoms with E-state index in [-0.39, 0.29) is 10.6 Å². The summed E-state index contributed by atoms with van der Waals surface area (Å²) >= 11 is 12.0. The second-order valence-corrected chi connectivity index (χ2v) is 6.63. The Hall–Kier alpha value is -2.18. The number of hydrogen-bond donors (Lipinski definition) is 1. The minimum atomic E-state index is -1.43. The number of urea groups is 1. The number of carbonyl (C=O) groups excluding carboxylic acids is 2. The molecule has 4 nitrogen and oxygen atoms in total. The fourth-order valence-corrected chi connectivity index (χ4v) is 3.36. The second kappa shape index (κ2) is 6.28. The molecule has 0 radical (unpaired) electrons. The molecule has 0 bridgehead atoms. The van der Waals surface area contributed by atoms with E-state index >= 15 is 0 Å². The third-order valence-corrected chi connectivity index (χ3v) is 4.65. The van der Waals surface area contributed by atoms with Gasteiger partial charge in [0.1, 0.15) is 5.54 Å². The van der Waals surface area contributed by atoms with Crippen LogP contribution < -0.4 is 5.32 Å². The topological polar surface area (TPSA) is 49.4 Å². The van der Waals surface area contributed by atoms with E-state index in [9.17, 15) is 18.4 Å². The first-order chi connectivity index (χ1) is 11.7. The van der Waals surface area contributed by atoms with Gasteiger partial charge in [0.25, 0.3) is 5.91 Å². The predicted octanol–water partition coefficient (Wildman–Crippen LogP) is 4.24. The van der Waals surface area contributed by atoms with Crippen LogP contribution in [0, 0.1) is 11.6 Å². The Bertz CT molecular complexity index is 891. The fourth-order valence-electron chi connectivity index (χ4n) is 2.76. The van der Waals surface area contributed by atoms with Crippen LogP contribution >= 0.6 is 23.2 Å². The van der Waals surface area contributed by atoms with Crippen molar-refractivity contribution in [2.45, 2.75) is 19.0 Å². The van der Waals surface area contributed by atoms with Gasteiger partial charge < -0.3 is 5.32 Å². The molecule has 130 valence electrons. The van der Waals surface area contributed by atoms with E-state index in [0.717, 1.165) is 11.0 Å². The molecule has 0 saturated carbocycles. The lowest BCUT2D eigenvalue weighted by Gasteiger charge is -2.23. The van der Waals surface area contributed by atoms with Crippen LogP contribution in [0.3, 0.4) is 0 Å². The molecule has 0 spiro atoms. The van der Waals surface area contributed by atoms with Crippen molar-refractivity contribution in [3.8, 4) is 0 Å². The summed E-state index contributed by atoms with van der Waals surface area (Å²) < 4.78 is 27.2. The van der Waals surface area contributed by atoms with E-state index in [4.69, 9.17) is 23.2 Å². The van der Waals surface area contributed by atoms with E-state index in [1.165, 1.54) is 31.2 Å². The predicted molar refractivity (Wildman–Crippen MR) is 89.3 cm³/mol. The van der Waals surface area contributed by atoms with Gasteiger partial charge in [0, 0.05) is 21.2 Å². The number of halogens is 4. The average molecular weight is 385 g/mol. The van der Waals surface area contributed by atoms with Crippen molar-refractivity contribution in [1.82, 2.24) is 10.2 Å². The maximum Gasteiger partial charge on any atom is 0.325 e. The molecule has 1 atom stereocenters. The molecule has 1 fully saturated rings. The molecule has 1 saturated heterocycles. The van der Waals surface area contributed by atoms with Gasteiger partial charge in [-0.2, -0.15) is 0 Å². The van der Waals surface area contributed by atoms with Crippen LogP contribution in [0.2, 0.25) is 10.0 Å². The highest BCUT2D eigenvalue weighted by Gasteiger charge is 2.50. The van der Waals surface area contributed by atoms with Gasteiger partial charge in [-0.1, -0.05) is 41.4 Å². The van der Waals surface area contributed by atoms with E-state index in [1.54, 1.807) is 6.07 Å². The van der Waals surface area contributed by atoms with Gasteiger partial charge in [-0.05, 0) is 25.1 Å². The lowest BCUT2D eigenvalue weighted by molar-refractivity contribution is -0.131. The zero-order valence-electron chi connectivity index (χ0n) is 12.9. The summed E-state index contributed by atoms with van der Waals surface area (Å²) in [6.45, 7) is 1.10. The first-order valence-electron chi connectivity index (χ1n) is 7.26. The Morgan fingerprint density at radius 2 is 1.88 bits per heavy atom. The Labute approximate surface area is 152 Å². The fraction of sp³-hybridized carbons (Fsp3) is 0.176. The number of nitrogens with one attached hydrogen (secondary N) is 1. The van der Waals surface area contributed by atoms with Gasteiger partial charge in [0.05, 0.1) is 6.54 Å². The van der Waals surface area contributed by atoms with Crippen LogP contribution in [-0.4, -0.2) is 16.8 Å². The van der Waals surface area contributed by atoms with Crippen molar-refractivity contribution >= 4 is 35.1 Å². The minimum absolute atomic E-state index is 0.102. The highest BCUT2D eigenvalue weighted by Crippen LogP contribution is 2.35. The highest BCUT2D eigenvalue weighted by molar-refractivity contribution is 6.35. The molecule has 0 aliphatic carbocycles. The average Bonchev–Trinajstić information content (AvgIpc) is 2.75. The summed E-state index contributed by atoms with van der Waals surface area (Å²) in [4.78, 5) is 25.9. The standard InChI is InChI=1S/C17H12Cl2F2N2O2/c1-17(11-6-5-10(18)7-12(11)19)15(24)23(16(25)22-17)8-9-3-2-4-13(20)14(9)21/h2-7H,8H2,1H3,(H,22,25). The summed E-state index contributed by atoms with van der Waals surface area (Å²) in [5, 5.41) is 3.15. The van der Waals surface area contributed by atoms with Crippen LogP contribution in [0.5, 0.6) is 0 Å². The number of benzene rings is 2. The minimum Gasteiger partial charge on any atom is -0.319 e. The molecular formula is C17H12Cl2F2N2O2. The van der Waals surface area contributed by atoms with E-state index in [2.05, 4.69) is 5.32 Å². The zero-order valence-corrected chi connectivity index (χ0v) is 14.5. The Morgan fingerprint density at radius 1 is 1.16 bits per heavy atom. The first kappa shape index (κ1) is 17.6. The van der Waals surface area contributed by atoms with Crippen LogP contribution in [-0.2, 0) is 16.9 Å². The molecule has 1 N–H and O–H groups in total. The number of hydrogen-bond acceptors (Lipinski definition) is 2. The molecule has 1 aliphatic rings. The van der Waals surface area contributed by atoms with E-state index < -0.39 is 35.7 Å². The molecule has 2 aromatic rings. The lowest BCUT2D eigenvalue weighted by atomic mass is 9.92. The van der Waals surface area contributed by atoms with Crippen molar-refractivity contribution in [1.29, 1.82) is 0 Å². The number of rotatable bonds is 3. The molecule has 25 heavy (non-hydrogen) atoms. The number of nitrogens with zero attached hydrogens (tertiary/aromatic N) is 1. The van der Waals surface area contributed by atoms with Gasteiger partial charge in [-0.3, -0.25) is 9.69 Å². The first-order valence-corrected chi connectivity index (χ1v) is 8.02. The molecule has 1 heterocycles. The lowest BCUT2D eigenvalue weighted by Crippen LogP contribution is -2.41. The van der Waals surface area contributed by atoms with Crippen LogP contribution in [0.25, 0.3) is 0 Å². The maximum atomic E-state index is 13.9. The normalized spacial score (nSPS) is 20.1. The number of amides is 3. The summed E-state index contributed by atoms with van der Waals surface area (Å²) in [5.41, 5.74) is -1.17. The van der Waals surface area contributed by atoms with Gasteiger partial charge >= 0.3 is 6.03 Å². The van der Waals surface area contributed by atoms with Gasteiger partial charge in [0.2, 0.25) is 0 Å². The molecule has 0 aromatic heterocycles. The molecule has 3 rings (SSSR count). The summed E-state index contributed by atoms with van der Waals surface area (Å²) in [7, 11) is 0. The molecule has 2 aromatic carbocycles. The third kappa shape index (κ3) is 2.96. The SMILES string of the molecule is CC1(c2ccc(Cl)cc2Cl)NC(=O)N(Cc2cccc(F)c2F)C1=O. The highest BCUT2D eigenvalue weighted by atomic mass is 35.5. The quantitative estimate of drug-likeness (QED) is 0.804. The summed E-state index contributed by atoms with van der Waals surface area (Å²) in [5.74, 6) is -2.76. The van der Waals surface area contributed by atoms with Gasteiger partial charge in [-0.25, -0.2) is 13.6 Å². The maximum absolute atomic E-state index is 13.9. The molecule has 8 heteroatoms. The molecular weight excluding hydrogens is 373 g/mol. The van der Waals surface area contributed by atoms with Crippen LogP contribution in [0.15, 0.2) is 36.4 Å². The largest absolute Gasteiger partial charge is 0.325 e. The number of imide groups is 1. The summed E-state index contributed by atoms with van der Waals surface area (Å²) in [6.07, 6.45) is 0. The monoisotopic (exact) mass is 384 g/mol. The molecule has 3 amide bonds. The van der Waals surface area contributed by atoms with Crippen LogP contribution in [0.1, 0.15) is 18.1 Å². The second-order valence-electron chi connectivity index (χ2n) is 5.78. The van der Waals surface area contributed by atoms with Gasteiger partial charge in [0.15, 0.2) is 11.6 Å². The molecule has 1 unspecified atom stereocenters. The van der Waals surface area contributed by atoms with Gasteiger partial charge in [-0.15, -0.1) is 0 Å². The van der Waals surface area contributed by atoms with E-state index in [0.29, 0.717) is 10.6 Å². The molecule has 1 aliphatic heterocycles. The summed E-state index contributed by atoms with van der Waals surface area (Å²) in [6, 6.07) is 7.39. The smallest absolute Gasteiger partial charge is 0.319 e. The van der Waals surface area contributed by atoms with Crippen molar-refractivity contribution in [3.05, 3.63) is 69.2 Å². The van der Waals surface area contributed by atoms with Crippen molar-refractivity contribution in [2.24, 2.45) is 0 Å². The van der Waals surface area contributed by atoms with E-state index in [1.807, 2.05) is 0 Å². The van der Waals surface area contributed by atoms with Crippen LogP contribution in [0.4, 0.5) is 13.6 Å². The van der Waals surface area contributed by atoms with Crippen molar-refractivity contribution in [2.75, 3.05) is 0 Å². The number of carbonyl (C=O) groups is 2. The Morgan fingerprint density at radius 3 is 2.56 bits per heavy atom. The Kier molecular flexibility index (Phi) is 4.43. The van der Waals surface area contributed by atoms with Crippen molar-refractivity contribution in [3.63, 3.8) is 0 Å². The third-order valence-electron chi connectivity index (χ3n) is 4.10.